The van der Waals surface area contributed by atoms with E-state index in [9.17, 15) is 9.59 Å². The average molecular weight is 206 g/mol. The fourth-order valence-electron chi connectivity index (χ4n) is 0.911. The Morgan fingerprint density at radius 2 is 1.85 bits per heavy atom. The number of nitrogens with one attached hydrogen (secondary N) is 3. The summed E-state index contributed by atoms with van der Waals surface area (Å²) in [4.78, 5) is 32.0. The molecule has 0 fully saturated rings. The van der Waals surface area contributed by atoms with Crippen LogP contribution >= 0.6 is 0 Å². The van der Waals surface area contributed by atoms with Crippen LogP contribution in [0.1, 0.15) is 0 Å². The largest absolute Gasteiger partial charge is 1.00 e. The monoisotopic (exact) mass is 206 g/mol. The number of H-pyrrole nitrogens is 3. The van der Waals surface area contributed by atoms with Crippen LogP contribution in [0, 0.1) is 0 Å². The smallest absolute Gasteiger partial charge is 0.760 e. The van der Waals surface area contributed by atoms with E-state index in [2.05, 4.69) is 19.9 Å². The molecule has 0 bridgehead atoms. The zero-order chi connectivity index (χ0) is 8.72. The summed E-state index contributed by atoms with van der Waals surface area (Å²) in [5.41, 5.74) is -0.450. The SMILES string of the molecule is O=c1nc2[nH]c(=O)[nH]c2c([S-])[nH]1.[Na+]. The summed E-state index contributed by atoms with van der Waals surface area (Å²) in [7, 11) is 0. The van der Waals surface area contributed by atoms with Gasteiger partial charge < -0.3 is 22.6 Å². The van der Waals surface area contributed by atoms with Crippen LogP contribution in [0.25, 0.3) is 11.2 Å². The standard InChI is InChI=1S/C5H4N4O2S.Na/c10-4-6-1-2(7-4)8-5(11)9-3(1)12;/h(H4,6,7,8,9,10,11,12);/q;+1/p-1. The molecule has 0 radical (unpaired) electrons. The second-order valence-electron chi connectivity index (χ2n) is 2.17. The molecule has 0 atom stereocenters. The van der Waals surface area contributed by atoms with Crippen LogP contribution in [0.5, 0.6) is 0 Å². The van der Waals surface area contributed by atoms with E-state index in [1.54, 1.807) is 0 Å². The third-order valence-corrected chi connectivity index (χ3v) is 1.67. The molecule has 0 aromatic carbocycles. The van der Waals surface area contributed by atoms with Gasteiger partial charge in [-0.25, -0.2) is 9.59 Å². The van der Waals surface area contributed by atoms with Crippen LogP contribution in [0.15, 0.2) is 14.6 Å². The first-order valence-electron chi connectivity index (χ1n) is 3.06. The minimum atomic E-state index is -0.567. The van der Waals surface area contributed by atoms with Gasteiger partial charge >= 0.3 is 40.9 Å². The summed E-state index contributed by atoms with van der Waals surface area (Å²) in [6.07, 6.45) is 0. The van der Waals surface area contributed by atoms with E-state index in [0.717, 1.165) is 0 Å². The van der Waals surface area contributed by atoms with E-state index in [1.807, 2.05) is 0 Å². The number of rotatable bonds is 0. The molecule has 0 saturated carbocycles. The molecule has 0 aliphatic rings. The summed E-state index contributed by atoms with van der Waals surface area (Å²) < 4.78 is 0. The van der Waals surface area contributed by atoms with Crippen LogP contribution in [-0.2, 0) is 12.6 Å². The quantitative estimate of drug-likeness (QED) is 0.232. The van der Waals surface area contributed by atoms with Gasteiger partial charge in [-0.3, -0.25) is 4.98 Å². The van der Waals surface area contributed by atoms with Gasteiger partial charge in [0, 0.05) is 0 Å². The Morgan fingerprint density at radius 3 is 2.54 bits per heavy atom. The Balaban J connectivity index is 0.000000845. The van der Waals surface area contributed by atoms with Crippen LogP contribution in [0.3, 0.4) is 0 Å². The number of hydrogen-bond donors (Lipinski definition) is 3. The Morgan fingerprint density at radius 1 is 1.15 bits per heavy atom. The molecule has 2 rings (SSSR count). The van der Waals surface area contributed by atoms with Gasteiger partial charge in [0.25, 0.3) is 0 Å². The second-order valence-corrected chi connectivity index (χ2v) is 2.58. The molecular weight excluding hydrogens is 203 g/mol. The van der Waals surface area contributed by atoms with E-state index in [0.29, 0.717) is 5.52 Å². The van der Waals surface area contributed by atoms with Crippen molar-refractivity contribution in [1.82, 2.24) is 19.9 Å². The van der Waals surface area contributed by atoms with Crippen LogP contribution in [-0.4, -0.2) is 19.9 Å². The van der Waals surface area contributed by atoms with Gasteiger partial charge in [0.2, 0.25) is 0 Å². The summed E-state index contributed by atoms with van der Waals surface area (Å²) in [6, 6.07) is 0. The molecule has 62 valence electrons. The molecule has 6 nitrogen and oxygen atoms in total. The van der Waals surface area contributed by atoms with Crippen molar-refractivity contribution in [1.29, 1.82) is 0 Å². The predicted octanol–water partition coefficient (Wildman–Crippen LogP) is -4.15. The molecule has 2 aromatic rings. The Kier molecular flexibility index (Phi) is 2.91. The van der Waals surface area contributed by atoms with Gasteiger partial charge in [0.1, 0.15) is 0 Å². The molecule has 2 aromatic heterocycles. The number of aromatic nitrogens is 4. The van der Waals surface area contributed by atoms with Crippen LogP contribution in [0.4, 0.5) is 0 Å². The number of fused-ring (bicyclic) bond motifs is 1. The Bertz CT molecular complexity index is 541. The van der Waals surface area contributed by atoms with Crippen molar-refractivity contribution in [2.24, 2.45) is 0 Å². The van der Waals surface area contributed by atoms with Crippen molar-refractivity contribution in [3.63, 3.8) is 0 Å². The van der Waals surface area contributed by atoms with Gasteiger partial charge in [-0.15, -0.1) is 0 Å². The maximum atomic E-state index is 10.7. The minimum absolute atomic E-state index is 0. The van der Waals surface area contributed by atoms with Crippen molar-refractivity contribution in [3.8, 4) is 0 Å². The minimum Gasteiger partial charge on any atom is -0.760 e. The summed E-state index contributed by atoms with van der Waals surface area (Å²) in [6.45, 7) is 0. The van der Waals surface area contributed by atoms with Crippen LogP contribution in [0.2, 0.25) is 0 Å². The molecule has 3 N–H and O–H groups in total. The van der Waals surface area contributed by atoms with Gasteiger partial charge in [0.15, 0.2) is 5.65 Å². The summed E-state index contributed by atoms with van der Waals surface area (Å²) >= 11 is 4.77. The molecule has 0 amide bonds. The van der Waals surface area contributed by atoms with Gasteiger partial charge in [-0.05, 0) is 0 Å². The molecule has 0 unspecified atom stereocenters. The van der Waals surface area contributed by atoms with Crippen molar-refractivity contribution in [2.75, 3.05) is 0 Å². The van der Waals surface area contributed by atoms with E-state index < -0.39 is 11.4 Å². The van der Waals surface area contributed by atoms with Gasteiger partial charge in [-0.1, -0.05) is 5.03 Å². The third kappa shape index (κ3) is 1.83. The number of imidazole rings is 1. The Labute approximate surface area is 98.9 Å². The van der Waals surface area contributed by atoms with Crippen molar-refractivity contribution >= 4 is 23.8 Å². The average Bonchev–Trinajstić information content (AvgIpc) is 2.29. The topological polar surface area (TPSA) is 94.4 Å². The van der Waals surface area contributed by atoms with E-state index in [1.165, 1.54) is 0 Å². The summed E-state index contributed by atoms with van der Waals surface area (Å²) in [5, 5.41) is 0.184. The molecule has 0 aliphatic carbocycles. The summed E-state index contributed by atoms with van der Waals surface area (Å²) in [5.74, 6) is 0. The number of nitrogens with zero attached hydrogens (tertiary/aromatic N) is 1. The van der Waals surface area contributed by atoms with E-state index >= 15 is 0 Å². The molecule has 0 saturated heterocycles. The maximum Gasteiger partial charge on any atom is 1.00 e. The second kappa shape index (κ2) is 3.62. The number of hydrogen-bond acceptors (Lipinski definition) is 4. The van der Waals surface area contributed by atoms with Crippen LogP contribution < -0.4 is 40.9 Å². The molecule has 8 heteroatoms. The normalized spacial score (nSPS) is 9.85. The molecule has 2 heterocycles. The maximum absolute atomic E-state index is 10.7. The van der Waals surface area contributed by atoms with Gasteiger partial charge in [0.05, 0.1) is 5.52 Å². The molecular formula is C5H3N4NaO2S. The van der Waals surface area contributed by atoms with E-state index in [4.69, 9.17) is 12.6 Å². The first kappa shape index (κ1) is 10.5. The first-order chi connectivity index (χ1) is 5.66. The third-order valence-electron chi connectivity index (χ3n) is 1.37. The van der Waals surface area contributed by atoms with E-state index in [-0.39, 0.29) is 40.2 Å². The van der Waals surface area contributed by atoms with Crippen molar-refractivity contribution in [2.45, 2.75) is 5.03 Å². The first-order valence-corrected chi connectivity index (χ1v) is 3.47. The zero-order valence-corrected chi connectivity index (χ0v) is 9.49. The van der Waals surface area contributed by atoms with Crippen molar-refractivity contribution in [3.05, 3.63) is 21.0 Å². The van der Waals surface area contributed by atoms with Crippen molar-refractivity contribution < 1.29 is 29.6 Å². The molecule has 13 heavy (non-hydrogen) atoms. The molecule has 0 aliphatic heterocycles. The van der Waals surface area contributed by atoms with Gasteiger partial charge in [-0.2, -0.15) is 4.98 Å². The Hall–Kier alpha value is -0.630. The predicted molar refractivity (Wildman–Crippen MR) is 43.0 cm³/mol. The molecule has 0 spiro atoms. The number of aromatic amines is 3. The fraction of sp³-hybridized carbons (Fsp3) is 0. The zero-order valence-electron chi connectivity index (χ0n) is 6.67. The fourth-order valence-corrected chi connectivity index (χ4v) is 1.15.